The molecule has 3 unspecified atom stereocenters. The Balaban J connectivity index is 1.48. The number of urea groups is 1. The minimum absolute atomic E-state index is 0.0382. The largest absolute Gasteiger partial charge is 0.469 e. The molecule has 3 amide bonds. The molecule has 0 aromatic rings. The highest BCUT2D eigenvalue weighted by molar-refractivity contribution is 8.00. The van der Waals surface area contributed by atoms with E-state index in [0.29, 0.717) is 30.7 Å². The average molecular weight is 386 g/mol. The number of methoxy groups -OCH3 is 1. The maximum atomic E-state index is 11.9. The number of rotatable bonds is 11. The Kier molecular flexibility index (Phi) is 8.54. The van der Waals surface area contributed by atoms with Gasteiger partial charge >= 0.3 is 12.0 Å². The smallest absolute Gasteiger partial charge is 0.317 e. The lowest BCUT2D eigenvalue weighted by molar-refractivity contribution is -0.140. The van der Waals surface area contributed by atoms with Gasteiger partial charge in [0.1, 0.15) is 0 Å². The van der Waals surface area contributed by atoms with Crippen LogP contribution in [-0.4, -0.2) is 66.6 Å². The van der Waals surface area contributed by atoms with E-state index < -0.39 is 0 Å². The van der Waals surface area contributed by atoms with E-state index in [-0.39, 0.29) is 23.9 Å². The molecule has 148 valence electrons. The van der Waals surface area contributed by atoms with Crippen LogP contribution >= 0.6 is 11.8 Å². The molecular weight excluding hydrogens is 354 g/mol. The fraction of sp³-hybridized carbons (Fsp3) is 0.833. The van der Waals surface area contributed by atoms with Crippen molar-refractivity contribution in [1.82, 2.24) is 15.5 Å². The summed E-state index contributed by atoms with van der Waals surface area (Å²) in [6.07, 6.45) is 6.54. The lowest BCUT2D eigenvalue weighted by Gasteiger charge is -2.23. The summed E-state index contributed by atoms with van der Waals surface area (Å²) >= 11 is 1.93. The fourth-order valence-electron chi connectivity index (χ4n) is 3.60. The Hall–Kier alpha value is -1.44. The zero-order valence-electron chi connectivity index (χ0n) is 15.8. The molecule has 26 heavy (non-hydrogen) atoms. The van der Waals surface area contributed by atoms with Crippen molar-refractivity contribution in [2.45, 2.75) is 68.7 Å². The first-order valence-corrected chi connectivity index (χ1v) is 10.6. The van der Waals surface area contributed by atoms with Crippen molar-refractivity contribution in [3.63, 3.8) is 0 Å². The number of hydrogen-bond donors (Lipinski definition) is 2. The fourth-order valence-corrected chi connectivity index (χ4v) is 5.24. The minimum Gasteiger partial charge on any atom is -0.469 e. The predicted octanol–water partition coefficient (Wildman–Crippen LogP) is 1.90. The van der Waals surface area contributed by atoms with Crippen LogP contribution in [0.25, 0.3) is 0 Å². The number of ether oxygens (including phenoxy) is 1. The van der Waals surface area contributed by atoms with Crippen LogP contribution < -0.4 is 10.6 Å². The number of esters is 1. The molecule has 2 aliphatic rings. The van der Waals surface area contributed by atoms with Crippen LogP contribution in [-0.2, 0) is 14.3 Å². The van der Waals surface area contributed by atoms with Crippen LogP contribution in [0.3, 0.4) is 0 Å². The molecule has 0 saturated carbocycles. The van der Waals surface area contributed by atoms with Crippen molar-refractivity contribution >= 4 is 29.7 Å². The van der Waals surface area contributed by atoms with Gasteiger partial charge in [0.05, 0.1) is 19.2 Å². The molecule has 0 radical (unpaired) electrons. The number of carbonyl (C=O) groups is 3. The molecule has 2 fully saturated rings. The summed E-state index contributed by atoms with van der Waals surface area (Å²) in [7, 11) is 3.27. The summed E-state index contributed by atoms with van der Waals surface area (Å²) in [5.74, 6) is 0.913. The summed E-state index contributed by atoms with van der Waals surface area (Å²) in [5, 5.41) is 6.44. The molecule has 8 heteroatoms. The quantitative estimate of drug-likeness (QED) is 0.322. The van der Waals surface area contributed by atoms with E-state index in [1.807, 2.05) is 23.7 Å². The maximum absolute atomic E-state index is 11.9. The third kappa shape index (κ3) is 6.07. The Morgan fingerprint density at radius 3 is 2.77 bits per heavy atom. The molecule has 7 nitrogen and oxygen atoms in total. The summed E-state index contributed by atoms with van der Waals surface area (Å²) in [4.78, 5) is 36.4. The van der Waals surface area contributed by atoms with Crippen molar-refractivity contribution in [3.8, 4) is 0 Å². The number of unbranched alkanes of at least 4 members (excludes halogenated alkanes) is 3. The third-order valence-electron chi connectivity index (χ3n) is 5.11. The second-order valence-electron chi connectivity index (χ2n) is 7.01. The molecular formula is C18H31N3O4S. The van der Waals surface area contributed by atoms with Gasteiger partial charge in [-0.25, -0.2) is 4.79 Å². The highest BCUT2D eigenvalue weighted by Gasteiger charge is 2.46. The molecule has 2 saturated heterocycles. The summed E-state index contributed by atoms with van der Waals surface area (Å²) in [6, 6.07) is 0.618. The molecule has 0 spiro atoms. The molecule has 0 aromatic heterocycles. The molecule has 0 aromatic carbocycles. The zero-order valence-corrected chi connectivity index (χ0v) is 16.6. The van der Waals surface area contributed by atoms with Gasteiger partial charge in [-0.3, -0.25) is 9.59 Å². The van der Waals surface area contributed by atoms with E-state index in [4.69, 9.17) is 0 Å². The number of nitrogens with zero attached hydrogens (tertiary/aromatic N) is 1. The summed E-state index contributed by atoms with van der Waals surface area (Å²) in [6.45, 7) is 0.667. The Bertz CT molecular complexity index is 503. The average Bonchev–Trinajstić information content (AvgIpc) is 3.14. The van der Waals surface area contributed by atoms with Crippen LogP contribution in [0.4, 0.5) is 4.79 Å². The predicted molar refractivity (Wildman–Crippen MR) is 102 cm³/mol. The van der Waals surface area contributed by atoms with E-state index in [1.54, 1.807) is 0 Å². The number of hydrogen-bond acceptors (Lipinski definition) is 5. The summed E-state index contributed by atoms with van der Waals surface area (Å²) in [5.41, 5.74) is 0. The first kappa shape index (κ1) is 20.9. The lowest BCUT2D eigenvalue weighted by Crippen LogP contribution is -2.38. The van der Waals surface area contributed by atoms with Gasteiger partial charge in [-0.1, -0.05) is 12.8 Å². The van der Waals surface area contributed by atoms with Crippen molar-refractivity contribution in [2.24, 2.45) is 0 Å². The van der Waals surface area contributed by atoms with Crippen LogP contribution in [0.15, 0.2) is 0 Å². The molecule has 3 atom stereocenters. The summed E-state index contributed by atoms with van der Waals surface area (Å²) < 4.78 is 4.59. The molecule has 2 rings (SSSR count). The van der Waals surface area contributed by atoms with Gasteiger partial charge < -0.3 is 20.3 Å². The molecule has 2 N–H and O–H groups in total. The zero-order chi connectivity index (χ0) is 18.9. The van der Waals surface area contributed by atoms with Gasteiger partial charge in [-0.2, -0.15) is 11.8 Å². The number of fused-ring (bicyclic) bond motifs is 1. The van der Waals surface area contributed by atoms with E-state index in [1.165, 1.54) is 7.11 Å². The molecule has 2 heterocycles. The molecule has 0 bridgehead atoms. The van der Waals surface area contributed by atoms with E-state index >= 15 is 0 Å². The number of nitrogens with one attached hydrogen (secondary N) is 2. The van der Waals surface area contributed by atoms with Crippen LogP contribution in [0.5, 0.6) is 0 Å². The second kappa shape index (κ2) is 10.6. The van der Waals surface area contributed by atoms with E-state index in [2.05, 4.69) is 15.4 Å². The van der Waals surface area contributed by atoms with Crippen molar-refractivity contribution < 1.29 is 19.1 Å². The lowest BCUT2D eigenvalue weighted by atomic mass is 10.0. The second-order valence-corrected chi connectivity index (χ2v) is 8.28. The van der Waals surface area contributed by atoms with Crippen molar-refractivity contribution in [2.75, 3.05) is 26.5 Å². The Labute approximate surface area is 160 Å². The van der Waals surface area contributed by atoms with Gasteiger partial charge in [0.15, 0.2) is 0 Å². The van der Waals surface area contributed by atoms with Gasteiger partial charge in [0.25, 0.3) is 0 Å². The van der Waals surface area contributed by atoms with Crippen LogP contribution in [0, 0.1) is 0 Å². The monoisotopic (exact) mass is 385 g/mol. The first-order chi connectivity index (χ1) is 12.5. The van der Waals surface area contributed by atoms with Crippen molar-refractivity contribution in [3.05, 3.63) is 0 Å². The standard InChI is InChI=1S/C18H31N3O4S/c1-21-17-13(20-18(21)24)12-26-14(17)8-5-6-9-15(22)19-11-7-3-4-10-16(23)25-2/h13-14,17H,3-12H2,1-2H3,(H,19,22)(H,20,24). The number of amides is 3. The SMILES string of the molecule is COC(=O)CCCCCNC(=O)CCCCC1SCC2NC(=O)N(C)C21. The highest BCUT2D eigenvalue weighted by Crippen LogP contribution is 2.36. The number of likely N-dealkylation sites (N-methyl/N-ethyl adjacent to an activating group) is 1. The first-order valence-electron chi connectivity index (χ1n) is 9.51. The Morgan fingerprint density at radius 1 is 1.23 bits per heavy atom. The molecule has 0 aliphatic carbocycles. The van der Waals surface area contributed by atoms with Crippen LogP contribution in [0.2, 0.25) is 0 Å². The van der Waals surface area contributed by atoms with Gasteiger partial charge in [-0.05, 0) is 25.7 Å². The van der Waals surface area contributed by atoms with Crippen LogP contribution in [0.1, 0.15) is 51.4 Å². The van der Waals surface area contributed by atoms with E-state index in [9.17, 15) is 14.4 Å². The topological polar surface area (TPSA) is 87.7 Å². The Morgan fingerprint density at radius 2 is 2.00 bits per heavy atom. The normalized spacial score (nSPS) is 24.3. The van der Waals surface area contributed by atoms with Gasteiger partial charge in [-0.15, -0.1) is 0 Å². The van der Waals surface area contributed by atoms with Gasteiger partial charge in [0.2, 0.25) is 5.91 Å². The number of carbonyl (C=O) groups excluding carboxylic acids is 3. The van der Waals surface area contributed by atoms with Gasteiger partial charge in [0, 0.05) is 37.4 Å². The highest BCUT2D eigenvalue weighted by atomic mass is 32.2. The number of thioether (sulfide) groups is 1. The van der Waals surface area contributed by atoms with Crippen molar-refractivity contribution in [1.29, 1.82) is 0 Å². The van der Waals surface area contributed by atoms with E-state index in [0.717, 1.165) is 44.3 Å². The maximum Gasteiger partial charge on any atom is 0.317 e. The molecule has 2 aliphatic heterocycles. The minimum atomic E-state index is -0.176. The third-order valence-corrected chi connectivity index (χ3v) is 6.60.